The van der Waals surface area contributed by atoms with E-state index in [4.69, 9.17) is 4.74 Å². The first-order valence-corrected chi connectivity index (χ1v) is 26.3. The zero-order valence-electron chi connectivity index (χ0n) is 39.9. The Morgan fingerprint density at radius 2 is 0.833 bits per heavy atom. The first-order chi connectivity index (χ1) is 29.5. The molecule has 0 fully saturated rings. The van der Waals surface area contributed by atoms with E-state index in [9.17, 15) is 19.8 Å². The Morgan fingerprint density at radius 1 is 0.467 bits per heavy atom. The van der Waals surface area contributed by atoms with Crippen molar-refractivity contribution in [1.82, 2.24) is 5.32 Å². The first kappa shape index (κ1) is 58.1. The number of esters is 1. The van der Waals surface area contributed by atoms with Gasteiger partial charge < -0.3 is 20.3 Å². The Morgan fingerprint density at radius 3 is 1.27 bits per heavy atom. The van der Waals surface area contributed by atoms with Crippen molar-refractivity contribution in [3.63, 3.8) is 0 Å². The SMILES string of the molecule is CCCCCCCCC/C=C/C(O)C(CO)NC(=O)CCCCCCCCC/C=C\C/C=C\CCCCCCCCCCCOC(=O)CCCCCCCCCCCCC. The molecule has 0 aromatic carbocycles. The van der Waals surface area contributed by atoms with Gasteiger partial charge in [-0.05, 0) is 64.2 Å². The minimum absolute atomic E-state index is 0.00540. The number of carbonyl (C=O) groups excluding carboxylic acids is 2. The predicted molar refractivity (Wildman–Crippen MR) is 259 cm³/mol. The third kappa shape index (κ3) is 45.6. The van der Waals surface area contributed by atoms with Gasteiger partial charge in [0.25, 0.3) is 0 Å². The van der Waals surface area contributed by atoms with Crippen LogP contribution in [0.1, 0.15) is 271 Å². The summed E-state index contributed by atoms with van der Waals surface area (Å²) in [5.74, 6) is -0.0765. The Labute approximate surface area is 373 Å². The number of aliphatic hydroxyl groups is 2. The lowest BCUT2D eigenvalue weighted by Crippen LogP contribution is -2.45. The number of ether oxygens (including phenoxy) is 1. The van der Waals surface area contributed by atoms with Crippen LogP contribution in [0.5, 0.6) is 0 Å². The van der Waals surface area contributed by atoms with Crippen molar-refractivity contribution in [1.29, 1.82) is 0 Å². The molecule has 6 nitrogen and oxygen atoms in total. The van der Waals surface area contributed by atoms with Gasteiger partial charge in [0, 0.05) is 12.8 Å². The largest absolute Gasteiger partial charge is 0.466 e. The fraction of sp³-hybridized carbons (Fsp3) is 0.852. The number of hydrogen-bond acceptors (Lipinski definition) is 5. The van der Waals surface area contributed by atoms with E-state index < -0.39 is 12.1 Å². The third-order valence-electron chi connectivity index (χ3n) is 11.9. The first-order valence-electron chi connectivity index (χ1n) is 26.3. The number of allylic oxidation sites excluding steroid dienone is 5. The van der Waals surface area contributed by atoms with Crippen LogP contribution < -0.4 is 5.32 Å². The van der Waals surface area contributed by atoms with Crippen LogP contribution in [0.4, 0.5) is 0 Å². The van der Waals surface area contributed by atoms with E-state index in [1.165, 1.54) is 186 Å². The van der Waals surface area contributed by atoms with Gasteiger partial charge in [0.15, 0.2) is 0 Å². The number of unbranched alkanes of at least 4 members (excludes halogenated alkanes) is 33. The number of rotatable bonds is 48. The van der Waals surface area contributed by atoms with Crippen LogP contribution in [-0.2, 0) is 14.3 Å². The minimum Gasteiger partial charge on any atom is -0.466 e. The second-order valence-electron chi connectivity index (χ2n) is 17.9. The normalized spacial score (nSPS) is 12.9. The highest BCUT2D eigenvalue weighted by Gasteiger charge is 2.18. The fourth-order valence-electron chi connectivity index (χ4n) is 7.84. The summed E-state index contributed by atoms with van der Waals surface area (Å²) < 4.78 is 5.45. The van der Waals surface area contributed by atoms with E-state index >= 15 is 0 Å². The maximum Gasteiger partial charge on any atom is 0.305 e. The van der Waals surface area contributed by atoms with Gasteiger partial charge in [-0.15, -0.1) is 0 Å². The molecule has 0 heterocycles. The van der Waals surface area contributed by atoms with E-state index in [0.717, 1.165) is 57.8 Å². The Kier molecular flexibility index (Phi) is 48.1. The zero-order chi connectivity index (χ0) is 43.7. The highest BCUT2D eigenvalue weighted by molar-refractivity contribution is 5.76. The van der Waals surface area contributed by atoms with Gasteiger partial charge in [-0.25, -0.2) is 0 Å². The molecule has 0 aromatic rings. The van der Waals surface area contributed by atoms with E-state index in [1.54, 1.807) is 6.08 Å². The van der Waals surface area contributed by atoms with E-state index in [2.05, 4.69) is 43.5 Å². The molecular formula is C54H101NO5. The smallest absolute Gasteiger partial charge is 0.305 e. The molecule has 2 unspecified atom stereocenters. The second kappa shape index (κ2) is 49.7. The van der Waals surface area contributed by atoms with Crippen LogP contribution in [-0.4, -0.2) is 47.4 Å². The molecule has 0 saturated heterocycles. The van der Waals surface area contributed by atoms with Crippen molar-refractivity contribution in [3.05, 3.63) is 36.5 Å². The molecule has 1 amide bonds. The van der Waals surface area contributed by atoms with E-state index in [0.29, 0.717) is 19.4 Å². The van der Waals surface area contributed by atoms with Crippen LogP contribution >= 0.6 is 0 Å². The number of carbonyl (C=O) groups is 2. The van der Waals surface area contributed by atoms with Gasteiger partial charge >= 0.3 is 5.97 Å². The monoisotopic (exact) mass is 844 g/mol. The van der Waals surface area contributed by atoms with Crippen molar-refractivity contribution in [3.8, 4) is 0 Å². The quantitative estimate of drug-likeness (QED) is 0.0322. The van der Waals surface area contributed by atoms with Crippen LogP contribution in [0.3, 0.4) is 0 Å². The summed E-state index contributed by atoms with van der Waals surface area (Å²) in [6, 6.07) is -0.633. The fourth-order valence-corrected chi connectivity index (χ4v) is 7.84. The third-order valence-corrected chi connectivity index (χ3v) is 11.9. The lowest BCUT2D eigenvalue weighted by Gasteiger charge is -2.20. The van der Waals surface area contributed by atoms with Crippen molar-refractivity contribution >= 4 is 11.9 Å². The van der Waals surface area contributed by atoms with Crippen LogP contribution in [0.25, 0.3) is 0 Å². The standard InChI is InChI=1S/C54H101NO5/c1-3-5-7-9-11-13-27-32-36-40-44-48-54(59)60-49-45-41-37-33-29-26-24-22-20-18-16-14-15-17-19-21-23-25-28-31-35-39-43-47-53(58)55-51(50-56)52(57)46-42-38-34-30-12-10-8-6-4-2/h14,16-17,19,42,46,51-52,56-57H,3-13,15,18,20-41,43-45,47-50H2,1-2H3,(H,55,58)/b16-14-,19-17-,46-42+. The Bertz CT molecular complexity index is 977. The molecule has 6 heteroatoms. The summed E-state index contributed by atoms with van der Waals surface area (Å²) >= 11 is 0. The lowest BCUT2D eigenvalue weighted by molar-refractivity contribution is -0.143. The van der Waals surface area contributed by atoms with Crippen molar-refractivity contribution in [2.45, 2.75) is 283 Å². The summed E-state index contributed by atoms with van der Waals surface area (Å²) in [4.78, 5) is 24.3. The molecular weight excluding hydrogens is 743 g/mol. The van der Waals surface area contributed by atoms with Gasteiger partial charge in [0.1, 0.15) is 0 Å². The van der Waals surface area contributed by atoms with Gasteiger partial charge in [0.05, 0.1) is 25.4 Å². The van der Waals surface area contributed by atoms with Gasteiger partial charge in [-0.3, -0.25) is 9.59 Å². The molecule has 0 radical (unpaired) electrons. The summed E-state index contributed by atoms with van der Waals surface area (Å²) in [6.07, 6.45) is 60.2. The van der Waals surface area contributed by atoms with Gasteiger partial charge in [0.2, 0.25) is 5.91 Å². The topological polar surface area (TPSA) is 95.9 Å². The highest BCUT2D eigenvalue weighted by Crippen LogP contribution is 2.15. The van der Waals surface area contributed by atoms with Crippen LogP contribution in [0.2, 0.25) is 0 Å². The van der Waals surface area contributed by atoms with Crippen LogP contribution in [0, 0.1) is 0 Å². The molecule has 0 rings (SSSR count). The summed E-state index contributed by atoms with van der Waals surface area (Å²) in [5, 5.41) is 22.9. The average Bonchev–Trinajstić information content (AvgIpc) is 3.25. The molecule has 0 bridgehead atoms. The summed E-state index contributed by atoms with van der Waals surface area (Å²) in [6.45, 7) is 4.85. The highest BCUT2D eigenvalue weighted by atomic mass is 16.5. The number of amides is 1. The Balaban J connectivity index is 3.45. The number of aliphatic hydroxyl groups excluding tert-OH is 2. The number of nitrogens with one attached hydrogen (secondary N) is 1. The summed E-state index contributed by atoms with van der Waals surface area (Å²) in [5.41, 5.74) is 0. The predicted octanol–water partition coefficient (Wildman–Crippen LogP) is 15.7. The molecule has 2 atom stereocenters. The molecule has 3 N–H and O–H groups in total. The maximum atomic E-state index is 12.4. The lowest BCUT2D eigenvalue weighted by atomic mass is 10.1. The molecule has 352 valence electrons. The number of hydrogen-bond donors (Lipinski definition) is 3. The van der Waals surface area contributed by atoms with Crippen molar-refractivity contribution < 1.29 is 24.5 Å². The molecule has 0 spiro atoms. The zero-order valence-corrected chi connectivity index (χ0v) is 39.9. The molecule has 0 aliphatic carbocycles. The molecule has 0 aliphatic heterocycles. The maximum absolute atomic E-state index is 12.4. The van der Waals surface area contributed by atoms with E-state index in [1.807, 2.05) is 6.08 Å². The molecule has 0 saturated carbocycles. The van der Waals surface area contributed by atoms with Gasteiger partial charge in [-0.1, -0.05) is 230 Å². The Hall–Kier alpha value is -1.92. The van der Waals surface area contributed by atoms with Gasteiger partial charge in [-0.2, -0.15) is 0 Å². The van der Waals surface area contributed by atoms with Crippen LogP contribution in [0.15, 0.2) is 36.5 Å². The molecule has 0 aromatic heterocycles. The average molecular weight is 844 g/mol. The molecule has 0 aliphatic rings. The minimum atomic E-state index is -0.848. The molecule has 60 heavy (non-hydrogen) atoms. The summed E-state index contributed by atoms with van der Waals surface area (Å²) in [7, 11) is 0. The van der Waals surface area contributed by atoms with Crippen molar-refractivity contribution in [2.75, 3.05) is 13.2 Å². The van der Waals surface area contributed by atoms with E-state index in [-0.39, 0.29) is 18.5 Å². The second-order valence-corrected chi connectivity index (χ2v) is 17.9. The van der Waals surface area contributed by atoms with Crippen molar-refractivity contribution in [2.24, 2.45) is 0 Å².